The van der Waals surface area contributed by atoms with Crippen LogP contribution in [-0.4, -0.2) is 52.5 Å². The number of amides is 4. The van der Waals surface area contributed by atoms with E-state index in [-0.39, 0.29) is 29.6 Å². The number of nitrogens with zero attached hydrogens (tertiary/aromatic N) is 1. The second-order valence-corrected chi connectivity index (χ2v) is 8.33. The first kappa shape index (κ1) is 21.4. The van der Waals surface area contributed by atoms with Crippen LogP contribution in [0.2, 0.25) is 0 Å². The molecule has 4 N–H and O–H groups in total. The molecule has 1 fully saturated rings. The topological polar surface area (TPSA) is 111 Å². The predicted molar refractivity (Wildman–Crippen MR) is 122 cm³/mol. The number of benzene rings is 2. The highest BCUT2D eigenvalue weighted by molar-refractivity contribution is 6.11. The molecule has 0 unspecified atom stereocenters. The van der Waals surface area contributed by atoms with Crippen molar-refractivity contribution in [2.24, 2.45) is 0 Å². The Hall–Kier alpha value is -3.81. The van der Waals surface area contributed by atoms with Gasteiger partial charge in [-0.25, -0.2) is 4.79 Å². The number of phenolic OH excluding ortho intramolecular Hbond substituents is 1. The largest absolute Gasteiger partial charge is 0.508 e. The van der Waals surface area contributed by atoms with E-state index in [0.717, 1.165) is 11.1 Å². The minimum Gasteiger partial charge on any atom is -0.508 e. The lowest BCUT2D eigenvalue weighted by Crippen LogP contribution is -2.54. The molecule has 2 aliphatic rings. The molecule has 8 heteroatoms. The van der Waals surface area contributed by atoms with E-state index < -0.39 is 12.1 Å². The monoisotopic (exact) mass is 434 g/mol. The zero-order chi connectivity index (χ0) is 22.8. The van der Waals surface area contributed by atoms with Crippen LogP contribution in [0.25, 0.3) is 12.2 Å². The van der Waals surface area contributed by atoms with Gasteiger partial charge in [0.05, 0.1) is 17.3 Å². The summed E-state index contributed by atoms with van der Waals surface area (Å²) < 4.78 is 0. The van der Waals surface area contributed by atoms with Crippen molar-refractivity contribution < 1.29 is 19.5 Å². The molecule has 0 saturated carbocycles. The maximum atomic E-state index is 13.3. The lowest BCUT2D eigenvalue weighted by Gasteiger charge is -2.25. The Balaban J connectivity index is 1.55. The first-order valence-electron chi connectivity index (χ1n) is 10.6. The van der Waals surface area contributed by atoms with Gasteiger partial charge in [0.1, 0.15) is 11.8 Å². The molecule has 2 aliphatic heterocycles. The molecular weight excluding hydrogens is 408 g/mol. The van der Waals surface area contributed by atoms with Gasteiger partial charge >= 0.3 is 6.03 Å². The summed E-state index contributed by atoms with van der Waals surface area (Å²) >= 11 is 0. The summed E-state index contributed by atoms with van der Waals surface area (Å²) in [5.41, 5.74) is 2.59. The number of hydrogen-bond acceptors (Lipinski definition) is 4. The Kier molecular flexibility index (Phi) is 5.85. The van der Waals surface area contributed by atoms with Gasteiger partial charge in [0.2, 0.25) is 5.91 Å². The Morgan fingerprint density at radius 3 is 2.53 bits per heavy atom. The molecule has 1 saturated heterocycles. The quantitative estimate of drug-likeness (QED) is 0.555. The number of rotatable bonds is 4. The van der Waals surface area contributed by atoms with Crippen LogP contribution in [0.1, 0.15) is 41.8 Å². The number of hydrogen-bond donors (Lipinski definition) is 4. The fourth-order valence-electron chi connectivity index (χ4n) is 4.06. The maximum Gasteiger partial charge on any atom is 0.315 e. The van der Waals surface area contributed by atoms with E-state index in [0.29, 0.717) is 24.2 Å². The fraction of sp³-hybridized carbons (Fsp3) is 0.292. The first-order valence-corrected chi connectivity index (χ1v) is 10.6. The number of carbonyl (C=O) groups excluding carboxylic acids is 3. The average Bonchev–Trinajstić information content (AvgIpc) is 3.12. The van der Waals surface area contributed by atoms with Crippen LogP contribution in [0.4, 0.5) is 10.5 Å². The van der Waals surface area contributed by atoms with E-state index in [2.05, 4.69) is 16.0 Å². The second kappa shape index (κ2) is 8.74. The molecule has 0 radical (unpaired) electrons. The predicted octanol–water partition coefficient (Wildman–Crippen LogP) is 2.81. The van der Waals surface area contributed by atoms with Gasteiger partial charge < -0.3 is 26.0 Å². The van der Waals surface area contributed by atoms with Gasteiger partial charge in [-0.3, -0.25) is 9.59 Å². The van der Waals surface area contributed by atoms with E-state index >= 15 is 0 Å². The highest BCUT2D eigenvalue weighted by Crippen LogP contribution is 2.30. The second-order valence-electron chi connectivity index (χ2n) is 8.33. The van der Waals surface area contributed by atoms with Crippen molar-refractivity contribution in [1.29, 1.82) is 0 Å². The molecule has 0 spiro atoms. The minimum absolute atomic E-state index is 0.0330. The van der Waals surface area contributed by atoms with Crippen LogP contribution in [0.3, 0.4) is 0 Å². The van der Waals surface area contributed by atoms with Crippen LogP contribution in [0.5, 0.6) is 5.75 Å². The third-order valence-electron chi connectivity index (χ3n) is 5.56. The summed E-state index contributed by atoms with van der Waals surface area (Å²) in [4.78, 5) is 39.9. The molecule has 4 rings (SSSR count). The van der Waals surface area contributed by atoms with Crippen LogP contribution in [-0.2, 0) is 4.79 Å². The van der Waals surface area contributed by atoms with Crippen LogP contribution < -0.4 is 16.0 Å². The van der Waals surface area contributed by atoms with E-state index in [1.807, 2.05) is 32.1 Å². The highest BCUT2D eigenvalue weighted by atomic mass is 16.3. The number of anilines is 1. The van der Waals surface area contributed by atoms with Gasteiger partial charge in [-0.2, -0.15) is 0 Å². The first-order chi connectivity index (χ1) is 15.3. The van der Waals surface area contributed by atoms with Crippen molar-refractivity contribution in [2.45, 2.75) is 38.4 Å². The van der Waals surface area contributed by atoms with Crippen molar-refractivity contribution in [3.8, 4) is 5.75 Å². The van der Waals surface area contributed by atoms with Crippen LogP contribution in [0.15, 0.2) is 42.5 Å². The number of phenols is 1. The molecule has 2 heterocycles. The van der Waals surface area contributed by atoms with Crippen molar-refractivity contribution in [3.63, 3.8) is 0 Å². The molecule has 166 valence electrons. The van der Waals surface area contributed by atoms with Gasteiger partial charge in [0, 0.05) is 12.6 Å². The highest BCUT2D eigenvalue weighted by Gasteiger charge is 2.45. The van der Waals surface area contributed by atoms with Crippen LogP contribution >= 0.6 is 0 Å². The fourth-order valence-corrected chi connectivity index (χ4v) is 4.06. The van der Waals surface area contributed by atoms with Gasteiger partial charge in [-0.1, -0.05) is 30.4 Å². The van der Waals surface area contributed by atoms with Crippen molar-refractivity contribution in [3.05, 3.63) is 59.2 Å². The number of fused-ring (bicyclic) bond motifs is 2. The molecule has 0 aromatic heterocycles. The van der Waals surface area contributed by atoms with Gasteiger partial charge in [-0.15, -0.1) is 0 Å². The SMILES string of the molecule is CC(C)NC(=O)N[C@H]1CCN2C(=O)c3cc(/C=C/c4ccc(O)cc4)ccc3NC(=O)[C@H]12. The van der Waals surface area contributed by atoms with E-state index in [1.165, 1.54) is 4.90 Å². The maximum absolute atomic E-state index is 13.3. The summed E-state index contributed by atoms with van der Waals surface area (Å²) in [6.45, 7) is 4.09. The minimum atomic E-state index is -0.760. The molecule has 0 bridgehead atoms. The van der Waals surface area contributed by atoms with Crippen LogP contribution in [0, 0.1) is 0 Å². The Bertz CT molecular complexity index is 1080. The third-order valence-corrected chi connectivity index (χ3v) is 5.56. The molecule has 0 aliphatic carbocycles. The van der Waals surface area contributed by atoms with E-state index in [1.54, 1.807) is 36.4 Å². The summed E-state index contributed by atoms with van der Waals surface area (Å²) in [6.07, 6.45) is 4.26. The third kappa shape index (κ3) is 4.44. The summed E-state index contributed by atoms with van der Waals surface area (Å²) in [5, 5.41) is 17.8. The molecule has 2 aromatic rings. The molecule has 4 amide bonds. The summed E-state index contributed by atoms with van der Waals surface area (Å²) in [6, 6.07) is 10.5. The summed E-state index contributed by atoms with van der Waals surface area (Å²) in [7, 11) is 0. The molecule has 8 nitrogen and oxygen atoms in total. The molecule has 2 atom stereocenters. The normalized spacial score (nSPS) is 20.0. The number of urea groups is 1. The van der Waals surface area contributed by atoms with E-state index in [4.69, 9.17) is 0 Å². The van der Waals surface area contributed by atoms with Crippen molar-refractivity contribution >= 4 is 35.7 Å². The standard InChI is InChI=1S/C24H26N4O4/c1-14(2)25-24(32)27-20-11-12-28-21(20)22(30)26-19-10-7-16(13-18(19)23(28)31)4-3-15-5-8-17(29)9-6-15/h3-10,13-14,20-21,29H,11-12H2,1-2H3,(H,26,30)(H2,25,27,32)/b4-3+/t20-,21-/m0/s1. The summed E-state index contributed by atoms with van der Waals surface area (Å²) in [5.74, 6) is -0.350. The van der Waals surface area contributed by atoms with Gasteiger partial charge in [0.25, 0.3) is 5.91 Å². The Morgan fingerprint density at radius 2 is 1.81 bits per heavy atom. The van der Waals surface area contributed by atoms with Crippen molar-refractivity contribution in [1.82, 2.24) is 15.5 Å². The lowest BCUT2D eigenvalue weighted by molar-refractivity contribution is -0.120. The number of carbonyl (C=O) groups is 3. The number of nitrogens with one attached hydrogen (secondary N) is 3. The average molecular weight is 434 g/mol. The molecule has 2 aromatic carbocycles. The number of aromatic hydroxyl groups is 1. The van der Waals surface area contributed by atoms with Gasteiger partial charge in [0.15, 0.2) is 0 Å². The Morgan fingerprint density at radius 1 is 1.12 bits per heavy atom. The zero-order valence-electron chi connectivity index (χ0n) is 18.0. The van der Waals surface area contributed by atoms with E-state index in [9.17, 15) is 19.5 Å². The lowest BCUT2D eigenvalue weighted by atomic mass is 10.1. The molecular formula is C24H26N4O4. The Labute approximate surface area is 186 Å². The zero-order valence-corrected chi connectivity index (χ0v) is 18.0. The molecule has 32 heavy (non-hydrogen) atoms. The van der Waals surface area contributed by atoms with Crippen molar-refractivity contribution in [2.75, 3.05) is 11.9 Å². The smallest absolute Gasteiger partial charge is 0.315 e. The van der Waals surface area contributed by atoms with Gasteiger partial charge in [-0.05, 0) is 55.7 Å².